The number of carbonyl (C=O) groups is 1. The van der Waals surface area contributed by atoms with Gasteiger partial charge in [-0.1, -0.05) is 13.3 Å². The molecule has 1 aliphatic rings. The van der Waals surface area contributed by atoms with Gasteiger partial charge in [0.05, 0.1) is 5.25 Å². The number of sulfone groups is 1. The van der Waals surface area contributed by atoms with Crippen molar-refractivity contribution in [3.63, 3.8) is 0 Å². The predicted octanol–water partition coefficient (Wildman–Crippen LogP) is 0.458. The zero-order valence-electron chi connectivity index (χ0n) is 11.2. The van der Waals surface area contributed by atoms with Gasteiger partial charge in [-0.05, 0) is 32.7 Å². The van der Waals surface area contributed by atoms with Crippen LogP contribution in [0.3, 0.4) is 0 Å². The second-order valence-corrected chi connectivity index (χ2v) is 7.21. The molecule has 1 fully saturated rings. The van der Waals surface area contributed by atoms with Crippen LogP contribution in [0.5, 0.6) is 0 Å². The second-order valence-electron chi connectivity index (χ2n) is 4.93. The molecule has 2 atom stereocenters. The largest absolute Gasteiger partial charge is 0.355 e. The highest BCUT2D eigenvalue weighted by Gasteiger charge is 2.32. The van der Waals surface area contributed by atoms with Crippen molar-refractivity contribution in [2.75, 3.05) is 19.3 Å². The molecular weight excluding hydrogens is 252 g/mol. The Labute approximate surface area is 110 Å². The van der Waals surface area contributed by atoms with Crippen LogP contribution < -0.4 is 10.6 Å². The normalized spacial score (nSPS) is 24.8. The molecule has 0 aliphatic heterocycles. The monoisotopic (exact) mass is 276 g/mol. The molecule has 0 spiro atoms. The Morgan fingerprint density at radius 1 is 1.33 bits per heavy atom. The lowest BCUT2D eigenvalue weighted by atomic mass is 9.95. The molecular formula is C12H24N2O3S. The van der Waals surface area contributed by atoms with Crippen LogP contribution in [0, 0.1) is 0 Å². The fraction of sp³-hybridized carbons (Fsp3) is 0.917. The molecule has 0 heterocycles. The van der Waals surface area contributed by atoms with E-state index in [1.807, 2.05) is 14.0 Å². The summed E-state index contributed by atoms with van der Waals surface area (Å²) in [5, 5.41) is 5.38. The van der Waals surface area contributed by atoms with E-state index in [4.69, 9.17) is 0 Å². The summed E-state index contributed by atoms with van der Waals surface area (Å²) < 4.78 is 24.3. The molecule has 0 aromatic carbocycles. The van der Waals surface area contributed by atoms with Crippen molar-refractivity contribution in [3.05, 3.63) is 0 Å². The summed E-state index contributed by atoms with van der Waals surface area (Å²) in [6.45, 7) is 2.48. The zero-order chi connectivity index (χ0) is 13.6. The van der Waals surface area contributed by atoms with Gasteiger partial charge in [0, 0.05) is 12.6 Å². The van der Waals surface area contributed by atoms with Gasteiger partial charge in [-0.15, -0.1) is 0 Å². The molecule has 0 aromatic rings. The maximum Gasteiger partial charge on any atom is 0.235 e. The quantitative estimate of drug-likeness (QED) is 0.739. The Morgan fingerprint density at radius 2 is 2.06 bits per heavy atom. The molecule has 2 unspecified atom stereocenters. The van der Waals surface area contributed by atoms with Crippen LogP contribution in [-0.2, 0) is 14.6 Å². The van der Waals surface area contributed by atoms with E-state index in [2.05, 4.69) is 10.6 Å². The first kappa shape index (κ1) is 15.4. The summed E-state index contributed by atoms with van der Waals surface area (Å²) in [4.78, 5) is 11.5. The summed E-state index contributed by atoms with van der Waals surface area (Å²) in [5.74, 6) is -0.739. The average molecular weight is 276 g/mol. The van der Waals surface area contributed by atoms with E-state index in [1.165, 1.54) is 0 Å². The Kier molecular flexibility index (Phi) is 6.08. The van der Waals surface area contributed by atoms with Gasteiger partial charge < -0.3 is 10.6 Å². The minimum atomic E-state index is -3.31. The number of amides is 1. The average Bonchev–Trinajstić information content (AvgIpc) is 2.36. The van der Waals surface area contributed by atoms with E-state index in [0.29, 0.717) is 19.4 Å². The van der Waals surface area contributed by atoms with Gasteiger partial charge in [-0.3, -0.25) is 4.79 Å². The standard InChI is InChI=1S/C12H24N2O3S/c1-3-7-14-12(15)9-18(16,17)11-6-4-5-10(8-11)13-2/h10-11,13H,3-9H2,1-2H3,(H,14,15). The van der Waals surface area contributed by atoms with Gasteiger partial charge in [0.15, 0.2) is 9.84 Å². The highest BCUT2D eigenvalue weighted by Crippen LogP contribution is 2.24. The van der Waals surface area contributed by atoms with Gasteiger partial charge in [-0.2, -0.15) is 0 Å². The molecule has 6 heteroatoms. The highest BCUT2D eigenvalue weighted by molar-refractivity contribution is 7.92. The lowest BCUT2D eigenvalue weighted by molar-refractivity contribution is -0.118. The molecule has 1 aliphatic carbocycles. The van der Waals surface area contributed by atoms with Crippen molar-refractivity contribution in [2.45, 2.75) is 50.3 Å². The SMILES string of the molecule is CCCNC(=O)CS(=O)(=O)C1CCCC(NC)C1. The number of rotatable bonds is 6. The van der Waals surface area contributed by atoms with Crippen molar-refractivity contribution in [3.8, 4) is 0 Å². The summed E-state index contributed by atoms with van der Waals surface area (Å²) in [6.07, 6.45) is 4.05. The lowest BCUT2D eigenvalue weighted by Gasteiger charge is -2.28. The van der Waals surface area contributed by atoms with Crippen molar-refractivity contribution >= 4 is 15.7 Å². The van der Waals surface area contributed by atoms with Crippen LogP contribution in [0.15, 0.2) is 0 Å². The summed E-state index contributed by atoms with van der Waals surface area (Å²) in [5.41, 5.74) is 0. The molecule has 0 saturated heterocycles. The van der Waals surface area contributed by atoms with Gasteiger partial charge >= 0.3 is 0 Å². The van der Waals surface area contributed by atoms with E-state index >= 15 is 0 Å². The van der Waals surface area contributed by atoms with E-state index in [0.717, 1.165) is 19.3 Å². The van der Waals surface area contributed by atoms with Gasteiger partial charge in [0.25, 0.3) is 0 Å². The van der Waals surface area contributed by atoms with Crippen LogP contribution in [-0.4, -0.2) is 45.0 Å². The van der Waals surface area contributed by atoms with Crippen molar-refractivity contribution in [2.24, 2.45) is 0 Å². The molecule has 2 N–H and O–H groups in total. The number of nitrogens with one attached hydrogen (secondary N) is 2. The minimum Gasteiger partial charge on any atom is -0.355 e. The molecule has 1 rings (SSSR count). The second kappa shape index (κ2) is 7.09. The molecule has 0 radical (unpaired) electrons. The van der Waals surface area contributed by atoms with E-state index in [-0.39, 0.29) is 23.0 Å². The van der Waals surface area contributed by atoms with Crippen molar-refractivity contribution < 1.29 is 13.2 Å². The number of hydrogen-bond donors (Lipinski definition) is 2. The van der Waals surface area contributed by atoms with Crippen LogP contribution in [0.2, 0.25) is 0 Å². The molecule has 18 heavy (non-hydrogen) atoms. The first-order chi connectivity index (χ1) is 8.49. The number of hydrogen-bond acceptors (Lipinski definition) is 4. The smallest absolute Gasteiger partial charge is 0.235 e. The zero-order valence-corrected chi connectivity index (χ0v) is 12.1. The van der Waals surface area contributed by atoms with E-state index in [9.17, 15) is 13.2 Å². The first-order valence-electron chi connectivity index (χ1n) is 6.65. The van der Waals surface area contributed by atoms with Gasteiger partial charge in [-0.25, -0.2) is 8.42 Å². The highest BCUT2D eigenvalue weighted by atomic mass is 32.2. The van der Waals surface area contributed by atoms with Gasteiger partial charge in [0.2, 0.25) is 5.91 Å². The van der Waals surface area contributed by atoms with Crippen molar-refractivity contribution in [1.29, 1.82) is 0 Å². The third kappa shape index (κ3) is 4.57. The fourth-order valence-electron chi connectivity index (χ4n) is 2.35. The summed E-state index contributed by atoms with van der Waals surface area (Å²) >= 11 is 0. The molecule has 0 aromatic heterocycles. The third-order valence-electron chi connectivity index (χ3n) is 3.45. The minimum absolute atomic E-state index is 0.261. The number of carbonyl (C=O) groups excluding carboxylic acids is 1. The maximum absolute atomic E-state index is 12.1. The van der Waals surface area contributed by atoms with Crippen LogP contribution in [0.25, 0.3) is 0 Å². The molecule has 106 valence electrons. The Hall–Kier alpha value is -0.620. The van der Waals surface area contributed by atoms with E-state index in [1.54, 1.807) is 0 Å². The topological polar surface area (TPSA) is 75.3 Å². The summed E-state index contributed by atoms with van der Waals surface area (Å²) in [6, 6.07) is 0.261. The summed E-state index contributed by atoms with van der Waals surface area (Å²) in [7, 11) is -1.45. The van der Waals surface area contributed by atoms with Crippen molar-refractivity contribution in [1.82, 2.24) is 10.6 Å². The van der Waals surface area contributed by atoms with Crippen LogP contribution >= 0.6 is 0 Å². The third-order valence-corrected chi connectivity index (χ3v) is 5.56. The first-order valence-corrected chi connectivity index (χ1v) is 8.36. The van der Waals surface area contributed by atoms with Crippen LogP contribution in [0.1, 0.15) is 39.0 Å². The molecule has 0 bridgehead atoms. The Morgan fingerprint density at radius 3 is 2.67 bits per heavy atom. The molecule has 5 nitrogen and oxygen atoms in total. The predicted molar refractivity (Wildman–Crippen MR) is 72.2 cm³/mol. The van der Waals surface area contributed by atoms with E-state index < -0.39 is 9.84 Å². The lowest BCUT2D eigenvalue weighted by Crippen LogP contribution is -2.41. The van der Waals surface area contributed by atoms with Gasteiger partial charge in [0.1, 0.15) is 5.75 Å². The van der Waals surface area contributed by atoms with Crippen LogP contribution in [0.4, 0.5) is 0 Å². The Bertz CT molecular complexity index is 368. The molecule has 1 saturated carbocycles. The Balaban J connectivity index is 2.54. The fourth-order valence-corrected chi connectivity index (χ4v) is 4.10. The maximum atomic E-state index is 12.1. The molecule has 1 amide bonds.